The van der Waals surface area contributed by atoms with E-state index in [1.807, 2.05) is 0 Å². The van der Waals surface area contributed by atoms with E-state index in [1.165, 1.54) is 44.9 Å². The van der Waals surface area contributed by atoms with Crippen molar-refractivity contribution in [1.29, 1.82) is 0 Å². The fraction of sp³-hybridized carbons (Fsp3) is 0.931. The Bertz CT molecular complexity index is 502. The van der Waals surface area contributed by atoms with Gasteiger partial charge in [0.25, 0.3) is 0 Å². The maximum Gasteiger partial charge on any atom is 0.305 e. The maximum absolute atomic E-state index is 11.6. The van der Waals surface area contributed by atoms with E-state index in [1.54, 1.807) is 0 Å². The van der Waals surface area contributed by atoms with Crippen LogP contribution in [-0.4, -0.2) is 91.2 Å². The van der Waals surface area contributed by atoms with Crippen LogP contribution in [-0.2, 0) is 42.7 Å². The van der Waals surface area contributed by atoms with E-state index in [0.29, 0.717) is 78.9 Å². The molecule has 226 valence electrons. The molecule has 0 spiro atoms. The zero-order valence-corrected chi connectivity index (χ0v) is 24.4. The molecule has 0 amide bonds. The topological polar surface area (TPSA) is 98.8 Å². The number of esters is 2. The van der Waals surface area contributed by atoms with Gasteiger partial charge in [-0.15, -0.1) is 0 Å². The van der Waals surface area contributed by atoms with Gasteiger partial charge >= 0.3 is 11.9 Å². The molecular weight excluding hydrogens is 492 g/mol. The van der Waals surface area contributed by atoms with E-state index in [-0.39, 0.29) is 25.2 Å². The molecule has 9 nitrogen and oxygen atoms in total. The van der Waals surface area contributed by atoms with E-state index < -0.39 is 0 Å². The summed E-state index contributed by atoms with van der Waals surface area (Å²) in [5.41, 5.74) is 0. The van der Waals surface area contributed by atoms with Crippen molar-refractivity contribution in [3.05, 3.63) is 0 Å². The molecule has 9 heteroatoms. The van der Waals surface area contributed by atoms with Crippen molar-refractivity contribution in [3.63, 3.8) is 0 Å². The highest BCUT2D eigenvalue weighted by molar-refractivity contribution is 5.69. The van der Waals surface area contributed by atoms with Crippen LogP contribution < -0.4 is 0 Å². The lowest BCUT2D eigenvalue weighted by Crippen LogP contribution is -2.15. The first-order valence-electron chi connectivity index (χ1n) is 14.9. The molecule has 0 aliphatic rings. The molecule has 0 fully saturated rings. The summed E-state index contributed by atoms with van der Waals surface area (Å²) in [4.78, 5) is 23.2. The first-order chi connectivity index (χ1) is 18.7. The van der Waals surface area contributed by atoms with Gasteiger partial charge in [-0.3, -0.25) is 9.59 Å². The Morgan fingerprint density at radius 2 is 0.632 bits per heavy atom. The monoisotopic (exact) mass is 548 g/mol. The van der Waals surface area contributed by atoms with Crippen LogP contribution in [0.4, 0.5) is 0 Å². The van der Waals surface area contributed by atoms with E-state index in [4.69, 9.17) is 33.2 Å². The van der Waals surface area contributed by atoms with Gasteiger partial charge in [0.15, 0.2) is 0 Å². The number of carbonyl (C=O) groups is 2. The fourth-order valence-corrected chi connectivity index (χ4v) is 3.48. The predicted molar refractivity (Wildman–Crippen MR) is 147 cm³/mol. The predicted octanol–water partition coefficient (Wildman–Crippen LogP) is 5.27. The Balaban J connectivity index is 3.16. The standard InChI is InChI=1S/C29H56O9/c1-3-5-7-9-11-13-15-29(31)38-27-25-36-23-21-34-19-17-32-16-18-33-20-22-35-24-26-37-28(30)14-12-10-8-6-4-2/h3-27H2,1-2H3. The van der Waals surface area contributed by atoms with Gasteiger partial charge in [-0.2, -0.15) is 0 Å². The highest BCUT2D eigenvalue weighted by Gasteiger charge is 2.03. The Morgan fingerprint density at radius 1 is 0.368 bits per heavy atom. The fourth-order valence-electron chi connectivity index (χ4n) is 3.48. The zero-order valence-electron chi connectivity index (χ0n) is 24.4. The van der Waals surface area contributed by atoms with Crippen molar-refractivity contribution >= 4 is 11.9 Å². The summed E-state index contributed by atoms with van der Waals surface area (Å²) in [6.07, 6.45) is 13.5. The van der Waals surface area contributed by atoms with Crippen LogP contribution in [0.1, 0.15) is 97.3 Å². The summed E-state index contributed by atoms with van der Waals surface area (Å²) >= 11 is 0. The highest BCUT2D eigenvalue weighted by Crippen LogP contribution is 2.07. The molecule has 0 radical (unpaired) electrons. The SMILES string of the molecule is CCCCCCCCC(=O)OCCOCCOCCOCCOCCOCCOC(=O)CCCCCCC. The van der Waals surface area contributed by atoms with Crippen molar-refractivity contribution in [2.75, 3.05) is 79.3 Å². The molecule has 0 saturated carbocycles. The molecule has 0 unspecified atom stereocenters. The highest BCUT2D eigenvalue weighted by atomic mass is 16.6. The lowest BCUT2D eigenvalue weighted by Gasteiger charge is -2.08. The van der Waals surface area contributed by atoms with Crippen LogP contribution in [0.15, 0.2) is 0 Å². The van der Waals surface area contributed by atoms with Gasteiger partial charge < -0.3 is 33.2 Å². The Morgan fingerprint density at radius 3 is 0.947 bits per heavy atom. The van der Waals surface area contributed by atoms with Gasteiger partial charge in [0.1, 0.15) is 13.2 Å². The maximum atomic E-state index is 11.6. The van der Waals surface area contributed by atoms with Crippen molar-refractivity contribution in [1.82, 2.24) is 0 Å². The third kappa shape index (κ3) is 31.0. The van der Waals surface area contributed by atoms with Gasteiger partial charge in [0.2, 0.25) is 0 Å². The van der Waals surface area contributed by atoms with Crippen LogP contribution in [0, 0.1) is 0 Å². The number of rotatable bonds is 31. The molecule has 0 atom stereocenters. The van der Waals surface area contributed by atoms with Crippen molar-refractivity contribution in [3.8, 4) is 0 Å². The van der Waals surface area contributed by atoms with Crippen LogP contribution >= 0.6 is 0 Å². The van der Waals surface area contributed by atoms with Crippen LogP contribution in [0.25, 0.3) is 0 Å². The van der Waals surface area contributed by atoms with E-state index >= 15 is 0 Å². The number of carbonyl (C=O) groups excluding carboxylic acids is 2. The summed E-state index contributed by atoms with van der Waals surface area (Å²) in [6, 6.07) is 0. The van der Waals surface area contributed by atoms with E-state index in [9.17, 15) is 9.59 Å². The molecule has 0 rings (SSSR count). The Hall–Kier alpha value is -1.26. The van der Waals surface area contributed by atoms with Crippen molar-refractivity contribution < 1.29 is 42.7 Å². The lowest BCUT2D eigenvalue weighted by molar-refractivity contribution is -0.146. The summed E-state index contributed by atoms with van der Waals surface area (Å²) in [7, 11) is 0. The first kappa shape index (κ1) is 36.7. The van der Waals surface area contributed by atoms with Gasteiger partial charge in [-0.05, 0) is 12.8 Å². The van der Waals surface area contributed by atoms with E-state index in [2.05, 4.69) is 13.8 Å². The quantitative estimate of drug-likeness (QED) is 0.0848. The van der Waals surface area contributed by atoms with Crippen LogP contribution in [0.2, 0.25) is 0 Å². The first-order valence-corrected chi connectivity index (χ1v) is 14.9. The molecule has 0 aromatic heterocycles. The zero-order chi connectivity index (χ0) is 27.8. The van der Waals surface area contributed by atoms with E-state index in [0.717, 1.165) is 25.7 Å². The van der Waals surface area contributed by atoms with Gasteiger partial charge in [-0.1, -0.05) is 71.6 Å². The molecular formula is C29H56O9. The molecule has 0 saturated heterocycles. The molecule has 0 bridgehead atoms. The number of unbranched alkanes of at least 4 members (excludes halogenated alkanes) is 9. The van der Waals surface area contributed by atoms with Crippen molar-refractivity contribution in [2.24, 2.45) is 0 Å². The second-order valence-corrected chi connectivity index (χ2v) is 9.18. The molecule has 0 aliphatic carbocycles. The lowest BCUT2D eigenvalue weighted by atomic mass is 10.1. The minimum atomic E-state index is -0.147. The number of ether oxygens (including phenoxy) is 7. The third-order valence-electron chi connectivity index (χ3n) is 5.69. The minimum absolute atomic E-state index is 0.143. The number of hydrogen-bond acceptors (Lipinski definition) is 9. The summed E-state index contributed by atoms with van der Waals surface area (Å²) in [5, 5.41) is 0. The second-order valence-electron chi connectivity index (χ2n) is 9.18. The average Bonchev–Trinajstić information content (AvgIpc) is 2.91. The normalized spacial score (nSPS) is 11.1. The van der Waals surface area contributed by atoms with Crippen molar-refractivity contribution in [2.45, 2.75) is 97.3 Å². The largest absolute Gasteiger partial charge is 0.463 e. The molecule has 0 aromatic carbocycles. The summed E-state index contributed by atoms with van der Waals surface area (Å²) in [5.74, 6) is -0.290. The van der Waals surface area contributed by atoms with Gasteiger partial charge in [-0.25, -0.2) is 0 Å². The number of hydrogen-bond donors (Lipinski definition) is 0. The molecule has 0 N–H and O–H groups in total. The average molecular weight is 549 g/mol. The molecule has 0 heterocycles. The van der Waals surface area contributed by atoms with Crippen LogP contribution in [0.5, 0.6) is 0 Å². The summed E-state index contributed by atoms with van der Waals surface area (Å²) in [6.45, 7) is 9.49. The third-order valence-corrected chi connectivity index (χ3v) is 5.69. The smallest absolute Gasteiger partial charge is 0.305 e. The molecule has 0 aliphatic heterocycles. The minimum Gasteiger partial charge on any atom is -0.463 e. The molecule has 0 aromatic rings. The van der Waals surface area contributed by atoms with Gasteiger partial charge in [0.05, 0.1) is 66.1 Å². The van der Waals surface area contributed by atoms with Gasteiger partial charge in [0, 0.05) is 12.8 Å². The molecule has 38 heavy (non-hydrogen) atoms. The Kier molecular flexibility index (Phi) is 30.9. The van der Waals surface area contributed by atoms with Crippen LogP contribution in [0.3, 0.4) is 0 Å². The Labute approximate surface area is 231 Å². The summed E-state index contributed by atoms with van der Waals surface area (Å²) < 4.78 is 37.4. The second kappa shape index (κ2) is 32.0.